The van der Waals surface area contributed by atoms with Crippen molar-refractivity contribution in [2.45, 2.75) is 38.1 Å². The number of aromatic nitrogens is 3. The zero-order valence-corrected chi connectivity index (χ0v) is 17.5. The number of alkyl halides is 2. The second-order valence-electron chi connectivity index (χ2n) is 6.42. The fourth-order valence-electron chi connectivity index (χ4n) is 3.41. The van der Waals surface area contributed by atoms with Gasteiger partial charge in [0.25, 0.3) is 0 Å². The summed E-state index contributed by atoms with van der Waals surface area (Å²) in [6.07, 6.45) is 2.37. The van der Waals surface area contributed by atoms with Crippen molar-refractivity contribution >= 4 is 51.0 Å². The minimum atomic E-state index is -2.83. The molecule has 0 bridgehead atoms. The molecule has 3 aromatic rings. The molecule has 4 rings (SSSR count). The average molecular weight is 524 g/mol. The lowest BCUT2D eigenvalue weighted by Crippen LogP contribution is -2.36. The number of nitrogens with two attached hydrogens (primary N) is 1. The van der Waals surface area contributed by atoms with Crippen molar-refractivity contribution in [3.8, 4) is 0 Å². The summed E-state index contributed by atoms with van der Waals surface area (Å²) in [5.41, 5.74) is 6.98. The van der Waals surface area contributed by atoms with Crippen LogP contribution in [0.5, 0.6) is 0 Å². The van der Waals surface area contributed by atoms with E-state index in [0.29, 0.717) is 33.6 Å². The van der Waals surface area contributed by atoms with Crippen molar-refractivity contribution in [3.63, 3.8) is 0 Å². The predicted octanol–water partition coefficient (Wildman–Crippen LogP) is 4.47. The normalized spacial score (nSPS) is 20.2. The van der Waals surface area contributed by atoms with Crippen molar-refractivity contribution in [1.29, 1.82) is 0 Å². The van der Waals surface area contributed by atoms with Crippen LogP contribution in [-0.2, 0) is 11.3 Å². The van der Waals surface area contributed by atoms with E-state index in [1.807, 2.05) is 22.6 Å². The van der Waals surface area contributed by atoms with E-state index in [2.05, 4.69) is 15.3 Å². The van der Waals surface area contributed by atoms with Crippen molar-refractivity contribution in [2.24, 2.45) is 5.73 Å². The smallest absolute Gasteiger partial charge is 0.319 e. The molecule has 28 heavy (non-hydrogen) atoms. The molecule has 1 aliphatic rings. The van der Waals surface area contributed by atoms with Crippen LogP contribution in [0.1, 0.15) is 36.9 Å². The third-order valence-electron chi connectivity index (χ3n) is 4.63. The lowest BCUT2D eigenvalue weighted by molar-refractivity contribution is -0.0147. The van der Waals surface area contributed by atoms with Crippen LogP contribution in [0.25, 0.3) is 11.0 Å². The van der Waals surface area contributed by atoms with Gasteiger partial charge < -0.3 is 20.2 Å². The van der Waals surface area contributed by atoms with Gasteiger partial charge in [-0.1, -0.05) is 0 Å². The number of ether oxygens (including phenoxy) is 1. The maximum atomic E-state index is 14.2. The molecular formula is C17H17ClF2IN5O2. The summed E-state index contributed by atoms with van der Waals surface area (Å²) in [7, 11) is 0. The highest BCUT2D eigenvalue weighted by Gasteiger charge is 2.35. The topological polar surface area (TPSA) is 91.1 Å². The van der Waals surface area contributed by atoms with E-state index >= 15 is 0 Å². The fraction of sp³-hybridized carbons (Fsp3) is 0.412. The van der Waals surface area contributed by atoms with Gasteiger partial charge in [-0.15, -0.1) is 0 Å². The SMILES string of the molecule is N[C@@H]1CCCO[C@H]1c1c(I)c2nc(Cl)nc(NCc3ccco3)c2n1C(F)F. The van der Waals surface area contributed by atoms with Crippen LogP contribution in [-0.4, -0.2) is 27.2 Å². The number of nitrogens with zero attached hydrogens (tertiary/aromatic N) is 3. The van der Waals surface area contributed by atoms with Gasteiger partial charge in [0.15, 0.2) is 5.82 Å². The minimum absolute atomic E-state index is 0.0424. The Balaban J connectivity index is 1.87. The largest absolute Gasteiger partial charge is 0.467 e. The molecule has 0 aliphatic carbocycles. The van der Waals surface area contributed by atoms with Crippen LogP contribution >= 0.6 is 34.2 Å². The highest BCUT2D eigenvalue weighted by molar-refractivity contribution is 14.1. The van der Waals surface area contributed by atoms with E-state index in [0.717, 1.165) is 11.0 Å². The second kappa shape index (κ2) is 8.09. The first-order chi connectivity index (χ1) is 13.5. The van der Waals surface area contributed by atoms with Gasteiger partial charge in [0.1, 0.15) is 22.9 Å². The van der Waals surface area contributed by atoms with Crippen molar-refractivity contribution in [1.82, 2.24) is 14.5 Å². The number of furan rings is 1. The van der Waals surface area contributed by atoms with Gasteiger partial charge in [0.05, 0.1) is 22.1 Å². The van der Waals surface area contributed by atoms with E-state index in [-0.39, 0.29) is 29.2 Å². The number of rotatable bonds is 5. The molecule has 0 saturated carbocycles. The Morgan fingerprint density at radius 2 is 2.25 bits per heavy atom. The van der Waals surface area contributed by atoms with Gasteiger partial charge in [-0.25, -0.2) is 4.98 Å². The lowest BCUT2D eigenvalue weighted by Gasteiger charge is -2.30. The summed E-state index contributed by atoms with van der Waals surface area (Å²) in [6.45, 7) is -2.10. The molecule has 1 aliphatic heterocycles. The molecule has 1 saturated heterocycles. The van der Waals surface area contributed by atoms with E-state index < -0.39 is 12.7 Å². The number of nitrogens with one attached hydrogen (secondary N) is 1. The van der Waals surface area contributed by atoms with Gasteiger partial charge in [0, 0.05) is 12.6 Å². The molecule has 7 nitrogen and oxygen atoms in total. The molecule has 0 amide bonds. The van der Waals surface area contributed by atoms with Crippen LogP contribution in [0.15, 0.2) is 22.8 Å². The fourth-order valence-corrected chi connectivity index (χ4v) is 4.53. The first-order valence-electron chi connectivity index (χ1n) is 8.65. The highest BCUT2D eigenvalue weighted by Crippen LogP contribution is 2.41. The number of hydrogen-bond donors (Lipinski definition) is 2. The Bertz CT molecular complexity index is 982. The quantitative estimate of drug-likeness (QED) is 0.379. The molecule has 1 fully saturated rings. The molecule has 3 aromatic heterocycles. The Labute approximate surface area is 177 Å². The van der Waals surface area contributed by atoms with Crippen molar-refractivity contribution < 1.29 is 17.9 Å². The first-order valence-corrected chi connectivity index (χ1v) is 10.1. The monoisotopic (exact) mass is 523 g/mol. The molecule has 0 spiro atoms. The summed E-state index contributed by atoms with van der Waals surface area (Å²) in [5, 5.41) is 2.98. The van der Waals surface area contributed by atoms with Crippen LogP contribution in [0.3, 0.4) is 0 Å². The molecular weight excluding hydrogens is 507 g/mol. The predicted molar refractivity (Wildman–Crippen MR) is 108 cm³/mol. The minimum Gasteiger partial charge on any atom is -0.467 e. The first kappa shape index (κ1) is 19.8. The van der Waals surface area contributed by atoms with Gasteiger partial charge in [0.2, 0.25) is 5.28 Å². The van der Waals surface area contributed by atoms with E-state index in [4.69, 9.17) is 26.5 Å². The maximum absolute atomic E-state index is 14.2. The summed E-state index contributed by atoms with van der Waals surface area (Å²) in [6, 6.07) is 3.13. The van der Waals surface area contributed by atoms with Gasteiger partial charge in [-0.05, 0) is 59.2 Å². The van der Waals surface area contributed by atoms with E-state index in [1.54, 1.807) is 12.1 Å². The molecule has 2 atom stereocenters. The molecule has 0 aromatic carbocycles. The zero-order chi connectivity index (χ0) is 19.8. The molecule has 0 radical (unpaired) electrons. The van der Waals surface area contributed by atoms with Gasteiger partial charge in [-0.3, -0.25) is 4.57 Å². The highest BCUT2D eigenvalue weighted by atomic mass is 127. The summed E-state index contributed by atoms with van der Waals surface area (Å²) in [4.78, 5) is 8.33. The Morgan fingerprint density at radius 3 is 2.93 bits per heavy atom. The molecule has 3 N–H and O–H groups in total. The van der Waals surface area contributed by atoms with Gasteiger partial charge in [-0.2, -0.15) is 13.8 Å². The Morgan fingerprint density at radius 1 is 1.43 bits per heavy atom. The lowest BCUT2D eigenvalue weighted by atomic mass is 10.0. The summed E-state index contributed by atoms with van der Waals surface area (Å²) in [5.74, 6) is 0.825. The maximum Gasteiger partial charge on any atom is 0.319 e. The average Bonchev–Trinajstić information content (AvgIpc) is 3.27. The zero-order valence-electron chi connectivity index (χ0n) is 14.5. The number of fused-ring (bicyclic) bond motifs is 1. The van der Waals surface area contributed by atoms with Crippen LogP contribution < -0.4 is 11.1 Å². The third kappa shape index (κ3) is 3.58. The van der Waals surface area contributed by atoms with E-state index in [1.165, 1.54) is 6.26 Å². The summed E-state index contributed by atoms with van der Waals surface area (Å²) < 4.78 is 40.8. The standard InChI is InChI=1S/C17H17ClF2IN5O2/c18-16-24-11-10(21)12(14-9(22)4-2-6-28-14)26(17(19)20)13(11)15(25-16)23-7-8-3-1-5-27-8/h1,3,5,9,14,17H,2,4,6-7,22H2,(H,23,24,25)/t9-,14-/m1/s1. The Kier molecular flexibility index (Phi) is 5.72. The number of anilines is 1. The molecule has 0 unspecified atom stereocenters. The van der Waals surface area contributed by atoms with Crippen molar-refractivity contribution in [3.05, 3.63) is 38.7 Å². The third-order valence-corrected chi connectivity index (χ3v) is 5.87. The molecule has 4 heterocycles. The van der Waals surface area contributed by atoms with Gasteiger partial charge >= 0.3 is 6.55 Å². The molecule has 150 valence electrons. The number of hydrogen-bond acceptors (Lipinski definition) is 6. The molecule has 11 heteroatoms. The van der Waals surface area contributed by atoms with Crippen molar-refractivity contribution in [2.75, 3.05) is 11.9 Å². The van der Waals surface area contributed by atoms with Crippen LogP contribution in [0, 0.1) is 3.57 Å². The van der Waals surface area contributed by atoms with Crippen LogP contribution in [0.2, 0.25) is 5.28 Å². The van der Waals surface area contributed by atoms with Crippen LogP contribution in [0.4, 0.5) is 14.6 Å². The second-order valence-corrected chi connectivity index (χ2v) is 7.83. The Hall–Kier alpha value is -1.50. The summed E-state index contributed by atoms with van der Waals surface area (Å²) >= 11 is 8.06. The van der Waals surface area contributed by atoms with E-state index in [9.17, 15) is 8.78 Å². The number of halogens is 4.